The van der Waals surface area contributed by atoms with Crippen molar-refractivity contribution in [3.8, 4) is 11.5 Å². The Morgan fingerprint density at radius 2 is 2.09 bits per heavy atom. The van der Waals surface area contributed by atoms with E-state index in [9.17, 15) is 4.79 Å². The second-order valence-electron chi connectivity index (χ2n) is 5.01. The fraction of sp³-hybridized carbons (Fsp3) is 0.267. The van der Waals surface area contributed by atoms with Gasteiger partial charge in [-0.1, -0.05) is 11.2 Å². The summed E-state index contributed by atoms with van der Waals surface area (Å²) in [5.74, 6) is 0.892. The number of amides is 1. The molecule has 0 aromatic carbocycles. The molecule has 0 radical (unpaired) electrons. The van der Waals surface area contributed by atoms with Gasteiger partial charge in [0.05, 0.1) is 5.69 Å². The fourth-order valence-corrected chi connectivity index (χ4v) is 2.08. The first-order valence-electron chi connectivity index (χ1n) is 7.04. The Morgan fingerprint density at radius 3 is 2.74 bits per heavy atom. The van der Waals surface area contributed by atoms with Gasteiger partial charge in [-0.2, -0.15) is 4.98 Å². The molecular formula is C15H15N5O3. The average molecular weight is 313 g/mol. The molecule has 1 N–H and O–H groups in total. The van der Waals surface area contributed by atoms with Gasteiger partial charge in [-0.05, 0) is 26.0 Å². The minimum atomic E-state index is -0.475. The molecule has 118 valence electrons. The number of rotatable bonds is 4. The van der Waals surface area contributed by atoms with E-state index >= 15 is 0 Å². The summed E-state index contributed by atoms with van der Waals surface area (Å²) in [7, 11) is 0. The minimum absolute atomic E-state index is 0.179. The van der Waals surface area contributed by atoms with Crippen molar-refractivity contribution in [2.45, 2.75) is 26.8 Å². The molecule has 0 aliphatic heterocycles. The second kappa shape index (κ2) is 5.99. The molecule has 1 amide bonds. The van der Waals surface area contributed by atoms with Crippen molar-refractivity contribution in [3.63, 3.8) is 0 Å². The highest BCUT2D eigenvalue weighted by Gasteiger charge is 2.22. The van der Waals surface area contributed by atoms with Crippen LogP contribution in [-0.4, -0.2) is 26.0 Å². The predicted molar refractivity (Wildman–Crippen MR) is 79.4 cm³/mol. The number of hydrogen-bond acceptors (Lipinski definition) is 7. The van der Waals surface area contributed by atoms with E-state index in [1.165, 1.54) is 0 Å². The molecular weight excluding hydrogens is 298 g/mol. The molecule has 3 aromatic rings. The molecule has 0 saturated carbocycles. The highest BCUT2D eigenvalue weighted by atomic mass is 16.5. The number of aromatic nitrogens is 4. The molecule has 0 bridgehead atoms. The molecule has 3 heterocycles. The summed E-state index contributed by atoms with van der Waals surface area (Å²) in [6, 6.07) is 4.93. The van der Waals surface area contributed by atoms with Crippen LogP contribution in [0, 0.1) is 13.8 Å². The zero-order valence-electron chi connectivity index (χ0n) is 12.9. The van der Waals surface area contributed by atoms with Gasteiger partial charge in [-0.25, -0.2) is 4.98 Å². The number of nitrogens with zero attached hydrogens (tertiary/aromatic N) is 4. The van der Waals surface area contributed by atoms with Gasteiger partial charge >= 0.3 is 0 Å². The highest BCUT2D eigenvalue weighted by molar-refractivity contribution is 5.92. The Labute approximate surface area is 132 Å². The van der Waals surface area contributed by atoms with E-state index in [0.29, 0.717) is 23.1 Å². The summed E-state index contributed by atoms with van der Waals surface area (Å²) in [5, 5.41) is 6.62. The summed E-state index contributed by atoms with van der Waals surface area (Å²) in [6.45, 7) is 5.14. The minimum Gasteiger partial charge on any atom is -0.436 e. The second-order valence-corrected chi connectivity index (χ2v) is 5.01. The predicted octanol–water partition coefficient (Wildman–Crippen LogP) is 2.23. The lowest BCUT2D eigenvalue weighted by Crippen LogP contribution is -2.27. The average Bonchev–Trinajstić information content (AvgIpc) is 3.15. The monoisotopic (exact) mass is 313 g/mol. The third-order valence-electron chi connectivity index (χ3n) is 3.16. The maximum Gasteiger partial charge on any atom is 0.289 e. The number of oxazole rings is 1. The summed E-state index contributed by atoms with van der Waals surface area (Å²) in [6.07, 6.45) is 1.64. The van der Waals surface area contributed by atoms with E-state index in [-0.39, 0.29) is 17.6 Å². The SMILES string of the molecule is Cc1nc(C)c(C(=O)NC(C)c2nc(-c3ccccn3)no2)o1. The first-order valence-corrected chi connectivity index (χ1v) is 7.04. The van der Waals surface area contributed by atoms with Crippen LogP contribution in [0.5, 0.6) is 0 Å². The lowest BCUT2D eigenvalue weighted by Gasteiger charge is -2.07. The van der Waals surface area contributed by atoms with Crippen LogP contribution in [0.3, 0.4) is 0 Å². The van der Waals surface area contributed by atoms with Crippen molar-refractivity contribution >= 4 is 5.91 Å². The van der Waals surface area contributed by atoms with Crippen LogP contribution in [0.15, 0.2) is 33.3 Å². The fourth-order valence-electron chi connectivity index (χ4n) is 2.08. The topological polar surface area (TPSA) is 107 Å². The van der Waals surface area contributed by atoms with Crippen LogP contribution in [-0.2, 0) is 0 Å². The zero-order chi connectivity index (χ0) is 16.4. The third-order valence-corrected chi connectivity index (χ3v) is 3.16. The molecule has 0 saturated heterocycles. The Morgan fingerprint density at radius 1 is 1.26 bits per heavy atom. The molecule has 3 rings (SSSR count). The first-order chi connectivity index (χ1) is 11.0. The quantitative estimate of drug-likeness (QED) is 0.787. The van der Waals surface area contributed by atoms with E-state index < -0.39 is 6.04 Å². The van der Waals surface area contributed by atoms with Crippen molar-refractivity contribution in [2.75, 3.05) is 0 Å². The number of carbonyl (C=O) groups excluding carboxylic acids is 1. The summed E-state index contributed by atoms with van der Waals surface area (Å²) < 4.78 is 10.5. The van der Waals surface area contributed by atoms with Crippen LogP contribution in [0.25, 0.3) is 11.5 Å². The molecule has 23 heavy (non-hydrogen) atoms. The lowest BCUT2D eigenvalue weighted by molar-refractivity contribution is 0.0902. The Bertz CT molecular complexity index is 825. The first kappa shape index (κ1) is 14.9. The van der Waals surface area contributed by atoms with Crippen molar-refractivity contribution in [3.05, 3.63) is 47.6 Å². The normalized spacial score (nSPS) is 12.1. The molecule has 0 spiro atoms. The molecule has 8 nitrogen and oxygen atoms in total. The molecule has 0 aliphatic carbocycles. The number of carbonyl (C=O) groups is 1. The zero-order valence-corrected chi connectivity index (χ0v) is 12.9. The van der Waals surface area contributed by atoms with E-state index in [1.807, 2.05) is 6.07 Å². The summed E-state index contributed by atoms with van der Waals surface area (Å²) in [5.41, 5.74) is 1.13. The molecule has 0 aliphatic rings. The highest BCUT2D eigenvalue weighted by Crippen LogP contribution is 2.17. The smallest absolute Gasteiger partial charge is 0.289 e. The van der Waals surface area contributed by atoms with E-state index in [1.54, 1.807) is 39.1 Å². The molecule has 8 heteroatoms. The van der Waals surface area contributed by atoms with Crippen molar-refractivity contribution in [2.24, 2.45) is 0 Å². The van der Waals surface area contributed by atoms with Gasteiger partial charge < -0.3 is 14.3 Å². The van der Waals surface area contributed by atoms with Gasteiger partial charge in [0.1, 0.15) is 11.7 Å². The van der Waals surface area contributed by atoms with Gasteiger partial charge in [0, 0.05) is 13.1 Å². The van der Waals surface area contributed by atoms with Gasteiger partial charge in [0.25, 0.3) is 5.91 Å². The Hall–Kier alpha value is -3.03. The molecule has 3 aromatic heterocycles. The van der Waals surface area contributed by atoms with Crippen LogP contribution in [0.4, 0.5) is 0 Å². The maximum atomic E-state index is 12.2. The standard InChI is InChI=1S/C15H15N5O3/c1-8-12(22-10(3)17-8)14(21)18-9(2)15-19-13(20-23-15)11-6-4-5-7-16-11/h4-7,9H,1-3H3,(H,18,21). The number of aryl methyl sites for hydroxylation is 2. The number of nitrogens with one attached hydrogen (secondary N) is 1. The summed E-state index contributed by atoms with van der Waals surface area (Å²) in [4.78, 5) is 24.7. The largest absolute Gasteiger partial charge is 0.436 e. The summed E-state index contributed by atoms with van der Waals surface area (Å²) >= 11 is 0. The van der Waals surface area contributed by atoms with Crippen LogP contribution < -0.4 is 5.32 Å². The Kier molecular flexibility index (Phi) is 3.88. The van der Waals surface area contributed by atoms with Crippen LogP contribution in [0.1, 0.15) is 41.0 Å². The third kappa shape index (κ3) is 3.10. The number of pyridine rings is 1. The van der Waals surface area contributed by atoms with Crippen molar-refractivity contribution < 1.29 is 13.7 Å². The van der Waals surface area contributed by atoms with Gasteiger partial charge in [-0.3, -0.25) is 9.78 Å². The van der Waals surface area contributed by atoms with Gasteiger partial charge in [0.15, 0.2) is 5.89 Å². The lowest BCUT2D eigenvalue weighted by atomic mass is 10.3. The van der Waals surface area contributed by atoms with Crippen molar-refractivity contribution in [1.82, 2.24) is 25.4 Å². The van der Waals surface area contributed by atoms with Crippen LogP contribution >= 0.6 is 0 Å². The van der Waals surface area contributed by atoms with Gasteiger partial charge in [0.2, 0.25) is 17.5 Å². The van der Waals surface area contributed by atoms with E-state index in [4.69, 9.17) is 8.94 Å². The van der Waals surface area contributed by atoms with Crippen molar-refractivity contribution in [1.29, 1.82) is 0 Å². The molecule has 1 unspecified atom stereocenters. The Balaban J connectivity index is 1.74. The molecule has 1 atom stereocenters. The maximum absolute atomic E-state index is 12.2. The van der Waals surface area contributed by atoms with E-state index in [2.05, 4.69) is 25.4 Å². The molecule has 0 fully saturated rings. The van der Waals surface area contributed by atoms with E-state index in [0.717, 1.165) is 0 Å². The van der Waals surface area contributed by atoms with Crippen LogP contribution in [0.2, 0.25) is 0 Å². The van der Waals surface area contributed by atoms with Gasteiger partial charge in [-0.15, -0.1) is 0 Å². The number of hydrogen-bond donors (Lipinski definition) is 1.